The van der Waals surface area contributed by atoms with Gasteiger partial charge in [-0.25, -0.2) is 15.0 Å². The van der Waals surface area contributed by atoms with Gasteiger partial charge in [-0.15, -0.1) is 0 Å². The van der Waals surface area contributed by atoms with E-state index in [1.807, 2.05) is 33.0 Å². The van der Waals surface area contributed by atoms with Gasteiger partial charge in [-0.2, -0.15) is 5.10 Å². The minimum atomic E-state index is -0.250. The van der Waals surface area contributed by atoms with Gasteiger partial charge in [0.2, 0.25) is 5.88 Å². The maximum atomic E-state index is 12.9. The minimum Gasteiger partial charge on any atom is -0.479 e. The summed E-state index contributed by atoms with van der Waals surface area (Å²) >= 11 is 0. The SMILES string of the molecule is COc1nccnc1-c1cccc(C(=O)NC(c2ncnn2C)C(C)C)c1. The van der Waals surface area contributed by atoms with Crippen LogP contribution in [0.4, 0.5) is 0 Å². The number of amides is 1. The molecule has 0 radical (unpaired) electrons. The first-order chi connectivity index (χ1) is 13.0. The summed E-state index contributed by atoms with van der Waals surface area (Å²) in [6, 6.07) is 6.96. The van der Waals surface area contributed by atoms with E-state index in [1.165, 1.54) is 13.4 Å². The van der Waals surface area contributed by atoms with Crippen molar-refractivity contribution < 1.29 is 9.53 Å². The number of methoxy groups -OCH3 is 1. The van der Waals surface area contributed by atoms with Gasteiger partial charge in [0.25, 0.3) is 5.91 Å². The number of rotatable bonds is 6. The fraction of sp³-hybridized carbons (Fsp3) is 0.316. The Morgan fingerprint density at radius 3 is 2.63 bits per heavy atom. The molecule has 27 heavy (non-hydrogen) atoms. The second-order valence-corrected chi connectivity index (χ2v) is 6.43. The number of carbonyl (C=O) groups is 1. The normalized spacial score (nSPS) is 12.0. The van der Waals surface area contributed by atoms with E-state index >= 15 is 0 Å². The summed E-state index contributed by atoms with van der Waals surface area (Å²) in [5.74, 6) is 1.08. The van der Waals surface area contributed by atoms with Crippen LogP contribution in [0.1, 0.15) is 36.1 Å². The molecule has 3 rings (SSSR count). The second kappa shape index (κ2) is 7.94. The Bertz CT molecular complexity index is 937. The van der Waals surface area contributed by atoms with Crippen LogP contribution in [0.2, 0.25) is 0 Å². The van der Waals surface area contributed by atoms with Crippen molar-refractivity contribution in [2.24, 2.45) is 13.0 Å². The number of benzene rings is 1. The van der Waals surface area contributed by atoms with Gasteiger partial charge in [0.1, 0.15) is 17.8 Å². The highest BCUT2D eigenvalue weighted by Crippen LogP contribution is 2.26. The molecule has 0 bridgehead atoms. The number of hydrogen-bond acceptors (Lipinski definition) is 6. The highest BCUT2D eigenvalue weighted by atomic mass is 16.5. The molecule has 0 spiro atoms. The summed E-state index contributed by atoms with van der Waals surface area (Å²) in [6.45, 7) is 4.06. The lowest BCUT2D eigenvalue weighted by molar-refractivity contribution is 0.0922. The second-order valence-electron chi connectivity index (χ2n) is 6.43. The molecule has 1 N–H and O–H groups in total. The van der Waals surface area contributed by atoms with Crippen molar-refractivity contribution in [3.63, 3.8) is 0 Å². The van der Waals surface area contributed by atoms with Crippen LogP contribution >= 0.6 is 0 Å². The Balaban J connectivity index is 1.88. The van der Waals surface area contributed by atoms with E-state index in [0.717, 1.165) is 5.56 Å². The lowest BCUT2D eigenvalue weighted by Gasteiger charge is -2.21. The number of aromatic nitrogens is 5. The standard InChI is InChI=1S/C19H22N6O2/c1-12(2)15(17-22-11-23-25(17)3)24-18(26)14-7-5-6-13(10-14)16-19(27-4)21-9-8-20-16/h5-12,15H,1-4H3,(H,24,26). The Morgan fingerprint density at radius 2 is 1.96 bits per heavy atom. The molecule has 1 atom stereocenters. The summed E-state index contributed by atoms with van der Waals surface area (Å²) < 4.78 is 6.94. The molecule has 1 amide bonds. The van der Waals surface area contributed by atoms with E-state index in [1.54, 1.807) is 29.2 Å². The summed E-state index contributed by atoms with van der Waals surface area (Å²) in [4.78, 5) is 25.6. The highest BCUT2D eigenvalue weighted by Gasteiger charge is 2.23. The van der Waals surface area contributed by atoms with Crippen LogP contribution in [0.5, 0.6) is 5.88 Å². The fourth-order valence-electron chi connectivity index (χ4n) is 2.82. The van der Waals surface area contributed by atoms with Crippen molar-refractivity contribution in [3.8, 4) is 17.1 Å². The molecule has 2 heterocycles. The zero-order valence-corrected chi connectivity index (χ0v) is 15.7. The van der Waals surface area contributed by atoms with Gasteiger partial charge in [-0.05, 0) is 18.1 Å². The number of nitrogens with zero attached hydrogens (tertiary/aromatic N) is 5. The molecule has 0 aliphatic rings. The maximum Gasteiger partial charge on any atom is 0.251 e. The Morgan fingerprint density at radius 1 is 1.19 bits per heavy atom. The molecule has 140 valence electrons. The Labute approximate surface area is 157 Å². The van der Waals surface area contributed by atoms with Crippen LogP contribution < -0.4 is 10.1 Å². The number of hydrogen-bond donors (Lipinski definition) is 1. The average molecular weight is 366 g/mol. The van der Waals surface area contributed by atoms with E-state index < -0.39 is 0 Å². The van der Waals surface area contributed by atoms with Crippen LogP contribution in [0, 0.1) is 5.92 Å². The van der Waals surface area contributed by atoms with Crippen molar-refractivity contribution in [3.05, 3.63) is 54.4 Å². The van der Waals surface area contributed by atoms with Crippen molar-refractivity contribution >= 4 is 5.91 Å². The van der Waals surface area contributed by atoms with Crippen LogP contribution in [0.15, 0.2) is 43.0 Å². The van der Waals surface area contributed by atoms with Gasteiger partial charge in [0.15, 0.2) is 0 Å². The lowest BCUT2D eigenvalue weighted by atomic mass is 10.0. The van der Waals surface area contributed by atoms with E-state index in [-0.39, 0.29) is 17.9 Å². The molecule has 1 unspecified atom stereocenters. The van der Waals surface area contributed by atoms with Crippen molar-refractivity contribution in [1.29, 1.82) is 0 Å². The largest absolute Gasteiger partial charge is 0.479 e. The van der Waals surface area contributed by atoms with Crippen molar-refractivity contribution in [2.45, 2.75) is 19.9 Å². The third-order valence-corrected chi connectivity index (χ3v) is 4.23. The van der Waals surface area contributed by atoms with E-state index in [0.29, 0.717) is 23.0 Å². The summed E-state index contributed by atoms with van der Waals surface area (Å²) in [7, 11) is 3.35. The van der Waals surface area contributed by atoms with Gasteiger partial charge < -0.3 is 10.1 Å². The molecule has 1 aromatic carbocycles. The smallest absolute Gasteiger partial charge is 0.251 e. The molecule has 3 aromatic rings. The number of carbonyl (C=O) groups excluding carboxylic acids is 1. The molecule has 8 nitrogen and oxygen atoms in total. The topological polar surface area (TPSA) is 94.8 Å². The van der Waals surface area contributed by atoms with E-state index in [4.69, 9.17) is 4.74 Å². The first-order valence-corrected chi connectivity index (χ1v) is 8.61. The third-order valence-electron chi connectivity index (χ3n) is 4.23. The van der Waals surface area contributed by atoms with Gasteiger partial charge in [-0.1, -0.05) is 26.0 Å². The summed E-state index contributed by atoms with van der Waals surface area (Å²) in [5, 5.41) is 7.15. The Kier molecular flexibility index (Phi) is 5.44. The molecular weight excluding hydrogens is 344 g/mol. The van der Waals surface area contributed by atoms with Crippen molar-refractivity contribution in [1.82, 2.24) is 30.0 Å². The summed E-state index contributed by atoms with van der Waals surface area (Å²) in [5.41, 5.74) is 1.86. The molecule has 8 heteroatoms. The van der Waals surface area contributed by atoms with Crippen LogP contribution in [-0.2, 0) is 7.05 Å². The van der Waals surface area contributed by atoms with Crippen LogP contribution in [0.3, 0.4) is 0 Å². The van der Waals surface area contributed by atoms with Crippen molar-refractivity contribution in [2.75, 3.05) is 7.11 Å². The third kappa shape index (κ3) is 3.94. The maximum absolute atomic E-state index is 12.9. The number of nitrogens with one attached hydrogen (secondary N) is 1. The molecule has 0 aliphatic heterocycles. The van der Waals surface area contributed by atoms with E-state index in [9.17, 15) is 4.79 Å². The molecule has 0 saturated heterocycles. The first kappa shape index (κ1) is 18.5. The minimum absolute atomic E-state index is 0.153. The molecule has 0 aliphatic carbocycles. The fourth-order valence-corrected chi connectivity index (χ4v) is 2.82. The highest BCUT2D eigenvalue weighted by molar-refractivity contribution is 5.95. The van der Waals surface area contributed by atoms with Crippen LogP contribution in [-0.4, -0.2) is 37.7 Å². The van der Waals surface area contributed by atoms with E-state index in [2.05, 4.69) is 25.4 Å². The zero-order chi connectivity index (χ0) is 19.4. The quantitative estimate of drug-likeness (QED) is 0.720. The zero-order valence-electron chi connectivity index (χ0n) is 15.7. The number of ether oxygens (including phenoxy) is 1. The van der Waals surface area contributed by atoms with Gasteiger partial charge in [-0.3, -0.25) is 9.48 Å². The van der Waals surface area contributed by atoms with Gasteiger partial charge >= 0.3 is 0 Å². The Hall–Kier alpha value is -3.29. The predicted molar refractivity (Wildman–Crippen MR) is 100 cm³/mol. The van der Waals surface area contributed by atoms with Gasteiger partial charge in [0, 0.05) is 30.6 Å². The first-order valence-electron chi connectivity index (χ1n) is 8.61. The lowest BCUT2D eigenvalue weighted by Crippen LogP contribution is -2.33. The summed E-state index contributed by atoms with van der Waals surface area (Å²) in [6.07, 6.45) is 4.64. The number of aryl methyl sites for hydroxylation is 1. The van der Waals surface area contributed by atoms with Gasteiger partial charge in [0.05, 0.1) is 13.2 Å². The molecule has 0 saturated carbocycles. The molecule has 2 aromatic heterocycles. The molecular formula is C19H22N6O2. The monoisotopic (exact) mass is 366 g/mol. The average Bonchev–Trinajstić information content (AvgIpc) is 3.11. The predicted octanol–water partition coefficient (Wildman–Crippen LogP) is 2.41. The molecule has 0 fully saturated rings. The van der Waals surface area contributed by atoms with Crippen LogP contribution in [0.25, 0.3) is 11.3 Å².